The first-order chi connectivity index (χ1) is 9.62. The van der Waals surface area contributed by atoms with Crippen molar-refractivity contribution in [3.8, 4) is 5.75 Å². The molecule has 0 spiro atoms. The zero-order valence-corrected chi connectivity index (χ0v) is 13.0. The summed E-state index contributed by atoms with van der Waals surface area (Å²) in [6.45, 7) is 5.29. The number of hydrogen-bond acceptors (Lipinski definition) is 4. The average Bonchev–Trinajstić information content (AvgIpc) is 2.50. The number of nitrogens with one attached hydrogen (secondary N) is 1. The highest BCUT2D eigenvalue weighted by Crippen LogP contribution is 2.36. The summed E-state index contributed by atoms with van der Waals surface area (Å²) in [6, 6.07) is 4.47. The third kappa shape index (κ3) is 3.26. The van der Waals surface area contributed by atoms with E-state index in [1.54, 1.807) is 17.8 Å². The second kappa shape index (κ2) is 6.48. The summed E-state index contributed by atoms with van der Waals surface area (Å²) in [7, 11) is 1.54. The molecule has 1 aliphatic rings. The summed E-state index contributed by atoms with van der Waals surface area (Å²) >= 11 is 1.73. The summed E-state index contributed by atoms with van der Waals surface area (Å²) < 4.78 is 18.3. The van der Waals surface area contributed by atoms with Crippen molar-refractivity contribution in [1.82, 2.24) is 0 Å². The fourth-order valence-corrected chi connectivity index (χ4v) is 3.47. The Hall–Kier alpha value is -1.23. The summed E-state index contributed by atoms with van der Waals surface area (Å²) in [5, 5.41) is 4.12. The number of benzene rings is 1. The maximum atomic E-state index is 13.2. The summed E-state index contributed by atoms with van der Waals surface area (Å²) in [5.41, 5.74) is 1.07. The van der Waals surface area contributed by atoms with E-state index in [9.17, 15) is 4.39 Å². The van der Waals surface area contributed by atoms with Crippen LogP contribution in [0.3, 0.4) is 0 Å². The molecule has 5 heteroatoms. The van der Waals surface area contributed by atoms with Crippen molar-refractivity contribution < 1.29 is 9.13 Å². The van der Waals surface area contributed by atoms with Crippen LogP contribution in [-0.2, 0) is 0 Å². The lowest BCUT2D eigenvalue weighted by Gasteiger charge is -2.33. The molecule has 0 radical (unpaired) electrons. The molecular weight excluding hydrogens is 275 g/mol. The number of halogens is 1. The predicted molar refractivity (Wildman–Crippen MR) is 84.3 cm³/mol. The zero-order chi connectivity index (χ0) is 14.6. The molecular formula is C15H21FN2OS. The van der Waals surface area contributed by atoms with Crippen LogP contribution in [0.1, 0.15) is 26.7 Å². The second-order valence-corrected chi connectivity index (χ2v) is 6.05. The highest BCUT2D eigenvalue weighted by atomic mass is 32.2. The molecule has 1 aromatic rings. The van der Waals surface area contributed by atoms with Gasteiger partial charge in [-0.25, -0.2) is 4.39 Å². The van der Waals surface area contributed by atoms with Crippen molar-refractivity contribution in [2.24, 2.45) is 10.4 Å². The fraction of sp³-hybridized carbons (Fsp3) is 0.533. The number of thioether (sulfide) groups is 1. The summed E-state index contributed by atoms with van der Waals surface area (Å²) in [6.07, 6.45) is 2.29. The number of ether oxygens (including phenoxy) is 1. The quantitative estimate of drug-likeness (QED) is 0.906. The molecule has 1 N–H and O–H groups in total. The lowest BCUT2D eigenvalue weighted by Crippen LogP contribution is -2.32. The number of methoxy groups -OCH3 is 1. The van der Waals surface area contributed by atoms with E-state index in [0.29, 0.717) is 11.2 Å². The van der Waals surface area contributed by atoms with Crippen molar-refractivity contribution in [1.29, 1.82) is 0 Å². The Bertz CT molecular complexity index is 501. The molecule has 110 valence electrons. The Kier molecular flexibility index (Phi) is 4.91. The van der Waals surface area contributed by atoms with Gasteiger partial charge in [-0.05, 0) is 30.4 Å². The van der Waals surface area contributed by atoms with E-state index >= 15 is 0 Å². The molecule has 20 heavy (non-hydrogen) atoms. The third-order valence-electron chi connectivity index (χ3n) is 3.98. The van der Waals surface area contributed by atoms with Crippen molar-refractivity contribution in [2.45, 2.75) is 26.7 Å². The van der Waals surface area contributed by atoms with Crippen LogP contribution in [0.4, 0.5) is 10.1 Å². The van der Waals surface area contributed by atoms with Gasteiger partial charge in [0.05, 0.1) is 12.8 Å². The number of hydrogen-bond donors (Lipinski definition) is 1. The van der Waals surface area contributed by atoms with Crippen LogP contribution in [0.25, 0.3) is 0 Å². The molecule has 1 aliphatic heterocycles. The molecule has 0 saturated heterocycles. The highest BCUT2D eigenvalue weighted by Gasteiger charge is 2.30. The Morgan fingerprint density at radius 1 is 1.40 bits per heavy atom. The first-order valence-corrected chi connectivity index (χ1v) is 7.89. The monoisotopic (exact) mass is 296 g/mol. The number of rotatable bonds is 4. The minimum absolute atomic E-state index is 0.304. The molecule has 1 aromatic carbocycles. The Morgan fingerprint density at radius 2 is 2.15 bits per heavy atom. The Labute approximate surface area is 124 Å². The highest BCUT2D eigenvalue weighted by molar-refractivity contribution is 8.14. The van der Waals surface area contributed by atoms with Crippen molar-refractivity contribution >= 4 is 22.6 Å². The van der Waals surface area contributed by atoms with Gasteiger partial charge in [0, 0.05) is 18.4 Å². The van der Waals surface area contributed by atoms with E-state index in [4.69, 9.17) is 4.74 Å². The van der Waals surface area contributed by atoms with Crippen LogP contribution in [-0.4, -0.2) is 24.6 Å². The van der Waals surface area contributed by atoms with Crippen LogP contribution < -0.4 is 10.1 Å². The number of amidine groups is 1. The lowest BCUT2D eigenvalue weighted by molar-refractivity contribution is 0.318. The van der Waals surface area contributed by atoms with Gasteiger partial charge < -0.3 is 10.1 Å². The van der Waals surface area contributed by atoms with Crippen LogP contribution in [0, 0.1) is 11.2 Å². The van der Waals surface area contributed by atoms with Gasteiger partial charge >= 0.3 is 0 Å². The number of anilines is 1. The molecule has 0 saturated carbocycles. The van der Waals surface area contributed by atoms with Crippen LogP contribution >= 0.6 is 11.8 Å². The molecule has 0 atom stereocenters. The van der Waals surface area contributed by atoms with Gasteiger partial charge in [-0.1, -0.05) is 25.6 Å². The van der Waals surface area contributed by atoms with Crippen molar-refractivity contribution in [3.63, 3.8) is 0 Å². The normalized spacial score (nSPS) is 17.5. The van der Waals surface area contributed by atoms with E-state index in [0.717, 1.165) is 36.0 Å². The number of aliphatic imine (C=N–C) groups is 1. The maximum absolute atomic E-state index is 13.2. The Morgan fingerprint density at radius 3 is 2.70 bits per heavy atom. The topological polar surface area (TPSA) is 33.6 Å². The maximum Gasteiger partial charge on any atom is 0.161 e. The summed E-state index contributed by atoms with van der Waals surface area (Å²) in [4.78, 5) is 4.64. The van der Waals surface area contributed by atoms with Crippen LogP contribution in [0.2, 0.25) is 0 Å². The fourth-order valence-electron chi connectivity index (χ4n) is 2.19. The first kappa shape index (κ1) is 15.2. The van der Waals surface area contributed by atoms with Gasteiger partial charge in [-0.2, -0.15) is 0 Å². The van der Waals surface area contributed by atoms with Crippen LogP contribution in [0.15, 0.2) is 23.2 Å². The van der Waals surface area contributed by atoms with Gasteiger partial charge in [0.2, 0.25) is 0 Å². The number of nitrogens with zero attached hydrogens (tertiary/aromatic N) is 1. The SMILES string of the molecule is CCC1(CC)CN=C(Nc2ccc(F)cc2OC)SC1. The van der Waals surface area contributed by atoms with E-state index in [1.165, 1.54) is 19.2 Å². The second-order valence-electron chi connectivity index (χ2n) is 5.09. The standard InChI is InChI=1S/C15H21FN2OS/c1-4-15(5-2)9-17-14(20-10-15)18-12-7-6-11(16)8-13(12)19-3/h6-8H,4-5,9-10H2,1-3H3,(H,17,18). The van der Waals surface area contributed by atoms with E-state index in [1.807, 2.05) is 0 Å². The molecule has 0 fully saturated rings. The van der Waals surface area contributed by atoms with Gasteiger partial charge in [0.25, 0.3) is 0 Å². The smallest absolute Gasteiger partial charge is 0.161 e. The van der Waals surface area contributed by atoms with Crippen molar-refractivity contribution in [2.75, 3.05) is 24.7 Å². The van der Waals surface area contributed by atoms with E-state index in [-0.39, 0.29) is 5.82 Å². The minimum Gasteiger partial charge on any atom is -0.494 e. The van der Waals surface area contributed by atoms with E-state index < -0.39 is 0 Å². The Balaban J connectivity index is 2.10. The van der Waals surface area contributed by atoms with Gasteiger partial charge in [-0.3, -0.25) is 4.99 Å². The molecule has 0 unspecified atom stereocenters. The average molecular weight is 296 g/mol. The molecule has 0 aliphatic carbocycles. The van der Waals surface area contributed by atoms with E-state index in [2.05, 4.69) is 24.2 Å². The van der Waals surface area contributed by atoms with Gasteiger partial charge in [-0.15, -0.1) is 0 Å². The van der Waals surface area contributed by atoms with Crippen molar-refractivity contribution in [3.05, 3.63) is 24.0 Å². The molecule has 3 nitrogen and oxygen atoms in total. The first-order valence-electron chi connectivity index (χ1n) is 6.90. The lowest BCUT2D eigenvalue weighted by atomic mass is 9.84. The molecule has 2 rings (SSSR count). The minimum atomic E-state index is -0.304. The van der Waals surface area contributed by atoms with Crippen LogP contribution in [0.5, 0.6) is 5.75 Å². The zero-order valence-electron chi connectivity index (χ0n) is 12.2. The molecule has 0 aromatic heterocycles. The van der Waals surface area contributed by atoms with Gasteiger partial charge in [0.1, 0.15) is 11.6 Å². The van der Waals surface area contributed by atoms with Gasteiger partial charge in [0.15, 0.2) is 5.17 Å². The summed E-state index contributed by atoms with van der Waals surface area (Å²) in [5.74, 6) is 1.26. The molecule has 1 heterocycles. The third-order valence-corrected chi connectivity index (χ3v) is 5.24. The predicted octanol–water partition coefficient (Wildman–Crippen LogP) is 4.16. The molecule has 0 bridgehead atoms. The molecule has 0 amide bonds. The largest absolute Gasteiger partial charge is 0.494 e.